The van der Waals surface area contributed by atoms with Crippen molar-refractivity contribution in [2.75, 3.05) is 20.2 Å². The molecule has 3 atom stereocenters. The molecule has 0 saturated carbocycles. The minimum absolute atomic E-state index is 0.0619. The van der Waals surface area contributed by atoms with Crippen molar-refractivity contribution in [3.05, 3.63) is 35.9 Å². The zero-order chi connectivity index (χ0) is 13.7. The van der Waals surface area contributed by atoms with Gasteiger partial charge in [-0.25, -0.2) is 0 Å². The van der Waals surface area contributed by atoms with Crippen LogP contribution in [0.15, 0.2) is 30.3 Å². The topological polar surface area (TPSA) is 50.4 Å². The molecular weight excluding hydrogens is 240 g/mol. The molecule has 0 aromatic heterocycles. The number of hydrogen-bond donors (Lipinski definition) is 2. The molecule has 4 heteroatoms. The number of methoxy groups -OCH3 is 1. The fraction of sp³-hybridized carbons (Fsp3) is 0.533. The number of nitrogens with one attached hydrogen (secondary N) is 2. The number of hydrogen-bond acceptors (Lipinski definition) is 3. The van der Waals surface area contributed by atoms with E-state index in [1.165, 1.54) is 0 Å². The Morgan fingerprint density at radius 3 is 2.74 bits per heavy atom. The lowest BCUT2D eigenvalue weighted by Gasteiger charge is -2.23. The van der Waals surface area contributed by atoms with Crippen LogP contribution in [0.2, 0.25) is 0 Å². The van der Waals surface area contributed by atoms with Crippen LogP contribution >= 0.6 is 0 Å². The normalized spacial score (nSPS) is 21.9. The average molecular weight is 262 g/mol. The molecule has 1 amide bonds. The molecule has 0 aliphatic carbocycles. The van der Waals surface area contributed by atoms with Crippen molar-refractivity contribution in [3.8, 4) is 0 Å². The molecule has 0 bridgehead atoms. The Morgan fingerprint density at radius 1 is 1.42 bits per heavy atom. The van der Waals surface area contributed by atoms with Crippen molar-refractivity contribution in [1.29, 1.82) is 0 Å². The van der Waals surface area contributed by atoms with Gasteiger partial charge in [0, 0.05) is 13.2 Å². The fourth-order valence-electron chi connectivity index (χ4n) is 2.54. The van der Waals surface area contributed by atoms with Crippen molar-refractivity contribution >= 4 is 5.91 Å². The maximum atomic E-state index is 12.3. The fourth-order valence-corrected chi connectivity index (χ4v) is 2.54. The minimum Gasteiger partial charge on any atom is -0.367 e. The molecule has 1 fully saturated rings. The van der Waals surface area contributed by atoms with Crippen molar-refractivity contribution in [2.24, 2.45) is 5.92 Å². The van der Waals surface area contributed by atoms with E-state index in [9.17, 15) is 4.79 Å². The molecule has 1 saturated heterocycles. The zero-order valence-electron chi connectivity index (χ0n) is 11.6. The molecule has 4 nitrogen and oxygen atoms in total. The summed E-state index contributed by atoms with van der Waals surface area (Å²) in [4.78, 5) is 12.3. The highest BCUT2D eigenvalue weighted by atomic mass is 16.5. The van der Waals surface area contributed by atoms with Gasteiger partial charge in [0.05, 0.1) is 0 Å². The lowest BCUT2D eigenvalue weighted by molar-refractivity contribution is -0.132. The van der Waals surface area contributed by atoms with Crippen molar-refractivity contribution in [2.45, 2.75) is 25.5 Å². The summed E-state index contributed by atoms with van der Waals surface area (Å²) < 4.78 is 5.33. The Kier molecular flexibility index (Phi) is 4.93. The van der Waals surface area contributed by atoms with Gasteiger partial charge >= 0.3 is 0 Å². The molecule has 1 aliphatic rings. The van der Waals surface area contributed by atoms with Crippen LogP contribution in [0.4, 0.5) is 0 Å². The SMILES string of the molecule is COC(C(=O)NC(C)C1CCNC1)c1ccccc1. The Balaban J connectivity index is 1.97. The van der Waals surface area contributed by atoms with Gasteiger partial charge in [-0.15, -0.1) is 0 Å². The van der Waals surface area contributed by atoms with Gasteiger partial charge in [-0.2, -0.15) is 0 Å². The quantitative estimate of drug-likeness (QED) is 0.845. The number of benzene rings is 1. The van der Waals surface area contributed by atoms with Crippen molar-refractivity contribution < 1.29 is 9.53 Å². The molecule has 3 unspecified atom stereocenters. The second-order valence-corrected chi connectivity index (χ2v) is 5.08. The number of ether oxygens (including phenoxy) is 1. The summed E-state index contributed by atoms with van der Waals surface area (Å²) in [5.74, 6) is 0.449. The van der Waals surface area contributed by atoms with Gasteiger partial charge in [0.2, 0.25) is 0 Å². The highest BCUT2D eigenvalue weighted by Crippen LogP contribution is 2.18. The van der Waals surface area contributed by atoms with E-state index in [0.29, 0.717) is 5.92 Å². The van der Waals surface area contributed by atoms with Crippen molar-refractivity contribution in [1.82, 2.24) is 10.6 Å². The van der Waals surface area contributed by atoms with E-state index in [1.54, 1.807) is 7.11 Å². The molecule has 0 radical (unpaired) electrons. The molecule has 104 valence electrons. The summed E-state index contributed by atoms with van der Waals surface area (Å²) in [5.41, 5.74) is 0.888. The zero-order valence-corrected chi connectivity index (χ0v) is 11.6. The number of rotatable bonds is 5. The molecule has 2 rings (SSSR count). The molecule has 1 heterocycles. The van der Waals surface area contributed by atoms with E-state index in [0.717, 1.165) is 25.1 Å². The van der Waals surface area contributed by atoms with Gasteiger partial charge in [-0.05, 0) is 37.9 Å². The summed E-state index contributed by atoms with van der Waals surface area (Å²) in [7, 11) is 1.57. The first-order valence-corrected chi connectivity index (χ1v) is 6.81. The number of carbonyl (C=O) groups is 1. The second kappa shape index (κ2) is 6.68. The molecule has 1 aromatic rings. The Hall–Kier alpha value is -1.39. The van der Waals surface area contributed by atoms with Gasteiger partial charge in [0.15, 0.2) is 6.10 Å². The van der Waals surface area contributed by atoms with Crippen LogP contribution < -0.4 is 10.6 Å². The van der Waals surface area contributed by atoms with Crippen LogP contribution in [0.5, 0.6) is 0 Å². The molecule has 1 aliphatic heterocycles. The number of amides is 1. The molecule has 2 N–H and O–H groups in total. The third-order valence-electron chi connectivity index (χ3n) is 3.75. The summed E-state index contributed by atoms with van der Waals surface area (Å²) in [6.07, 6.45) is 0.586. The largest absolute Gasteiger partial charge is 0.367 e. The highest BCUT2D eigenvalue weighted by Gasteiger charge is 2.26. The van der Waals surface area contributed by atoms with Crippen LogP contribution in [-0.2, 0) is 9.53 Å². The van der Waals surface area contributed by atoms with Crippen LogP contribution in [-0.4, -0.2) is 32.1 Å². The first-order chi connectivity index (χ1) is 9.22. The first kappa shape index (κ1) is 14.0. The van der Waals surface area contributed by atoms with E-state index in [-0.39, 0.29) is 11.9 Å². The van der Waals surface area contributed by atoms with Crippen LogP contribution in [0.3, 0.4) is 0 Å². The van der Waals surface area contributed by atoms with Gasteiger partial charge in [0.1, 0.15) is 0 Å². The van der Waals surface area contributed by atoms with Gasteiger partial charge in [-0.3, -0.25) is 4.79 Å². The van der Waals surface area contributed by atoms with Crippen LogP contribution in [0, 0.1) is 5.92 Å². The number of carbonyl (C=O) groups excluding carboxylic acids is 1. The highest BCUT2D eigenvalue weighted by molar-refractivity contribution is 5.82. The van der Waals surface area contributed by atoms with E-state index < -0.39 is 6.10 Å². The standard InChI is InChI=1S/C15H22N2O2/c1-11(13-8-9-16-10-13)17-15(18)14(19-2)12-6-4-3-5-7-12/h3-7,11,13-14,16H,8-10H2,1-2H3,(H,17,18). The Morgan fingerprint density at radius 2 is 2.16 bits per heavy atom. The lowest BCUT2D eigenvalue weighted by Crippen LogP contribution is -2.41. The maximum Gasteiger partial charge on any atom is 0.253 e. The van der Waals surface area contributed by atoms with Gasteiger partial charge in [0.25, 0.3) is 5.91 Å². The van der Waals surface area contributed by atoms with E-state index in [1.807, 2.05) is 30.3 Å². The summed E-state index contributed by atoms with van der Waals surface area (Å²) in [5, 5.41) is 6.39. The lowest BCUT2D eigenvalue weighted by atomic mass is 10.00. The third kappa shape index (κ3) is 3.55. The molecule has 1 aromatic carbocycles. The molecule has 0 spiro atoms. The summed E-state index contributed by atoms with van der Waals surface area (Å²) in [6.45, 7) is 4.08. The van der Waals surface area contributed by atoms with Gasteiger partial charge < -0.3 is 15.4 Å². The smallest absolute Gasteiger partial charge is 0.253 e. The van der Waals surface area contributed by atoms with E-state index in [2.05, 4.69) is 17.6 Å². The van der Waals surface area contributed by atoms with E-state index >= 15 is 0 Å². The van der Waals surface area contributed by atoms with E-state index in [4.69, 9.17) is 4.74 Å². The second-order valence-electron chi connectivity index (χ2n) is 5.08. The summed E-state index contributed by atoms with van der Waals surface area (Å²) >= 11 is 0. The maximum absolute atomic E-state index is 12.3. The molecule has 19 heavy (non-hydrogen) atoms. The average Bonchev–Trinajstić information content (AvgIpc) is 2.94. The Bertz CT molecular complexity index is 402. The predicted molar refractivity (Wildman–Crippen MR) is 74.8 cm³/mol. The van der Waals surface area contributed by atoms with Crippen LogP contribution in [0.25, 0.3) is 0 Å². The predicted octanol–water partition coefficient (Wildman–Crippen LogP) is 1.49. The molecular formula is C15H22N2O2. The monoisotopic (exact) mass is 262 g/mol. The van der Waals surface area contributed by atoms with Crippen LogP contribution in [0.1, 0.15) is 25.0 Å². The first-order valence-electron chi connectivity index (χ1n) is 6.81. The summed E-state index contributed by atoms with van der Waals surface area (Å²) in [6, 6.07) is 9.76. The van der Waals surface area contributed by atoms with Gasteiger partial charge in [-0.1, -0.05) is 30.3 Å². The van der Waals surface area contributed by atoms with Crippen molar-refractivity contribution in [3.63, 3.8) is 0 Å². The Labute approximate surface area is 114 Å². The minimum atomic E-state index is -0.530. The third-order valence-corrected chi connectivity index (χ3v) is 3.75.